The summed E-state index contributed by atoms with van der Waals surface area (Å²) in [5, 5.41) is 0. The number of unbranched alkanes of at least 4 members (excludes halogenated alkanes) is 1. The van der Waals surface area contributed by atoms with E-state index in [1.807, 2.05) is 0 Å². The van der Waals surface area contributed by atoms with Gasteiger partial charge in [-0.25, -0.2) is 4.98 Å². The van der Waals surface area contributed by atoms with Crippen molar-refractivity contribution in [1.29, 1.82) is 0 Å². The lowest BCUT2D eigenvalue weighted by Gasteiger charge is -2.11. The van der Waals surface area contributed by atoms with Gasteiger partial charge in [0.2, 0.25) is 0 Å². The highest BCUT2D eigenvalue weighted by Crippen LogP contribution is 2.22. The minimum absolute atomic E-state index is 0.449. The number of anilines is 1. The fourth-order valence-corrected chi connectivity index (χ4v) is 1.95. The molecular formula is C13H25N3. The third kappa shape index (κ3) is 2.77. The largest absolute Gasteiger partial charge is 0.384 e. The van der Waals surface area contributed by atoms with Crippen LogP contribution in [0, 0.1) is 0 Å². The molecule has 0 fully saturated rings. The van der Waals surface area contributed by atoms with Gasteiger partial charge in [-0.15, -0.1) is 0 Å². The number of nitrogens with two attached hydrogens (primary N) is 1. The predicted molar refractivity (Wildman–Crippen MR) is 69.6 cm³/mol. The van der Waals surface area contributed by atoms with Gasteiger partial charge in [0.25, 0.3) is 0 Å². The summed E-state index contributed by atoms with van der Waals surface area (Å²) in [5.41, 5.74) is 7.25. The summed E-state index contributed by atoms with van der Waals surface area (Å²) < 4.78 is 2.21. The van der Waals surface area contributed by atoms with Gasteiger partial charge in [-0.05, 0) is 12.8 Å². The summed E-state index contributed by atoms with van der Waals surface area (Å²) in [5.74, 6) is 2.48. The van der Waals surface area contributed by atoms with Crippen LogP contribution in [0.25, 0.3) is 0 Å². The van der Waals surface area contributed by atoms with Crippen LogP contribution in [0.1, 0.15) is 64.4 Å². The van der Waals surface area contributed by atoms with Crippen molar-refractivity contribution in [3.05, 3.63) is 11.5 Å². The average molecular weight is 223 g/mol. The van der Waals surface area contributed by atoms with Crippen LogP contribution in [0.4, 0.5) is 5.82 Å². The monoisotopic (exact) mass is 223 g/mol. The third-order valence-electron chi connectivity index (χ3n) is 2.85. The smallest absolute Gasteiger partial charge is 0.126 e. The molecule has 0 aromatic carbocycles. The second kappa shape index (κ2) is 5.92. The Labute approximate surface area is 99.1 Å². The number of aromatic nitrogens is 2. The predicted octanol–water partition coefficient (Wildman–Crippen LogP) is 3.34. The Morgan fingerprint density at radius 2 is 1.94 bits per heavy atom. The van der Waals surface area contributed by atoms with Gasteiger partial charge in [0.1, 0.15) is 11.6 Å². The fourth-order valence-electron chi connectivity index (χ4n) is 1.95. The van der Waals surface area contributed by atoms with Crippen LogP contribution < -0.4 is 5.73 Å². The molecule has 92 valence electrons. The van der Waals surface area contributed by atoms with Crippen LogP contribution in [0.3, 0.4) is 0 Å². The number of rotatable bonds is 6. The first kappa shape index (κ1) is 13.1. The Morgan fingerprint density at radius 1 is 1.25 bits per heavy atom. The highest BCUT2D eigenvalue weighted by atomic mass is 15.1. The lowest BCUT2D eigenvalue weighted by atomic mass is 10.2. The van der Waals surface area contributed by atoms with E-state index in [2.05, 4.69) is 37.2 Å². The molecule has 0 amide bonds. The Morgan fingerprint density at radius 3 is 2.44 bits per heavy atom. The summed E-state index contributed by atoms with van der Waals surface area (Å²) >= 11 is 0. The molecule has 3 heteroatoms. The third-order valence-corrected chi connectivity index (χ3v) is 2.85. The zero-order valence-corrected chi connectivity index (χ0v) is 11.1. The number of hydrogen-bond acceptors (Lipinski definition) is 2. The van der Waals surface area contributed by atoms with Crippen LogP contribution in [0.5, 0.6) is 0 Å². The molecule has 0 bridgehead atoms. The number of imidazole rings is 1. The van der Waals surface area contributed by atoms with Crippen molar-refractivity contribution in [2.45, 2.75) is 65.8 Å². The normalized spacial score (nSPS) is 11.3. The summed E-state index contributed by atoms with van der Waals surface area (Å²) in [4.78, 5) is 4.69. The molecule has 0 spiro atoms. The second-order valence-corrected chi connectivity index (χ2v) is 4.71. The van der Waals surface area contributed by atoms with Crippen LogP contribution in [0.15, 0.2) is 0 Å². The summed E-state index contributed by atoms with van der Waals surface area (Å²) in [7, 11) is 0. The van der Waals surface area contributed by atoms with Gasteiger partial charge in [0, 0.05) is 12.5 Å². The lowest BCUT2D eigenvalue weighted by molar-refractivity contribution is 0.588. The van der Waals surface area contributed by atoms with E-state index in [-0.39, 0.29) is 0 Å². The minimum Gasteiger partial charge on any atom is -0.384 e. The zero-order chi connectivity index (χ0) is 12.1. The number of nitrogen functional groups attached to an aromatic ring is 1. The van der Waals surface area contributed by atoms with Gasteiger partial charge < -0.3 is 10.3 Å². The van der Waals surface area contributed by atoms with Gasteiger partial charge in [0.05, 0.1) is 5.69 Å². The molecule has 1 aromatic heterocycles. The minimum atomic E-state index is 0.449. The number of nitrogens with zero attached hydrogens (tertiary/aromatic N) is 2. The molecule has 1 heterocycles. The summed E-state index contributed by atoms with van der Waals surface area (Å²) in [6, 6.07) is 0. The highest BCUT2D eigenvalue weighted by Gasteiger charge is 2.15. The van der Waals surface area contributed by atoms with E-state index in [0.29, 0.717) is 5.92 Å². The fraction of sp³-hybridized carbons (Fsp3) is 0.769. The molecule has 0 saturated heterocycles. The Bertz CT molecular complexity index is 326. The van der Waals surface area contributed by atoms with E-state index in [9.17, 15) is 0 Å². The van der Waals surface area contributed by atoms with Gasteiger partial charge in [0.15, 0.2) is 0 Å². The molecule has 0 unspecified atom stereocenters. The van der Waals surface area contributed by atoms with E-state index >= 15 is 0 Å². The lowest BCUT2D eigenvalue weighted by Crippen LogP contribution is -2.08. The maximum absolute atomic E-state index is 6.17. The molecule has 0 atom stereocenters. The van der Waals surface area contributed by atoms with Crippen molar-refractivity contribution in [3.63, 3.8) is 0 Å². The van der Waals surface area contributed by atoms with Gasteiger partial charge >= 0.3 is 0 Å². The molecule has 1 aromatic rings. The Hall–Kier alpha value is -0.990. The quantitative estimate of drug-likeness (QED) is 0.803. The maximum atomic E-state index is 6.17. The van der Waals surface area contributed by atoms with E-state index in [4.69, 9.17) is 5.73 Å². The van der Waals surface area contributed by atoms with E-state index < -0.39 is 0 Å². The first-order chi connectivity index (χ1) is 7.61. The Kier molecular flexibility index (Phi) is 4.84. The zero-order valence-electron chi connectivity index (χ0n) is 11.1. The summed E-state index contributed by atoms with van der Waals surface area (Å²) in [6.07, 6.45) is 4.46. The van der Waals surface area contributed by atoms with E-state index in [1.165, 1.54) is 12.8 Å². The van der Waals surface area contributed by atoms with Crippen molar-refractivity contribution in [2.75, 3.05) is 5.73 Å². The maximum Gasteiger partial charge on any atom is 0.126 e. The number of hydrogen-bond donors (Lipinski definition) is 1. The molecule has 0 aliphatic carbocycles. The molecular weight excluding hydrogens is 198 g/mol. The van der Waals surface area contributed by atoms with Crippen LogP contribution >= 0.6 is 0 Å². The molecule has 2 N–H and O–H groups in total. The second-order valence-electron chi connectivity index (χ2n) is 4.71. The molecule has 16 heavy (non-hydrogen) atoms. The van der Waals surface area contributed by atoms with Crippen molar-refractivity contribution in [2.24, 2.45) is 0 Å². The van der Waals surface area contributed by atoms with E-state index in [1.54, 1.807) is 0 Å². The van der Waals surface area contributed by atoms with Gasteiger partial charge in [-0.2, -0.15) is 0 Å². The molecule has 0 saturated carbocycles. The molecule has 1 rings (SSSR count). The average Bonchev–Trinajstić information content (AvgIpc) is 2.55. The van der Waals surface area contributed by atoms with Crippen LogP contribution in [0.2, 0.25) is 0 Å². The van der Waals surface area contributed by atoms with Crippen molar-refractivity contribution in [1.82, 2.24) is 9.55 Å². The first-order valence-corrected chi connectivity index (χ1v) is 6.46. The molecule has 0 aliphatic rings. The standard InChI is InChI=1S/C13H25N3/c1-5-7-9-16-12(14)11(8-6-2)15-13(16)10(3)4/h10H,5-9,14H2,1-4H3. The molecule has 0 radical (unpaired) electrons. The van der Waals surface area contributed by atoms with Crippen molar-refractivity contribution < 1.29 is 0 Å². The highest BCUT2D eigenvalue weighted by molar-refractivity contribution is 5.39. The number of aryl methyl sites for hydroxylation is 1. The topological polar surface area (TPSA) is 43.8 Å². The van der Waals surface area contributed by atoms with Crippen molar-refractivity contribution >= 4 is 5.82 Å². The summed E-state index contributed by atoms with van der Waals surface area (Å²) in [6.45, 7) is 9.74. The Balaban J connectivity index is 3.00. The molecule has 0 aliphatic heterocycles. The first-order valence-electron chi connectivity index (χ1n) is 6.46. The van der Waals surface area contributed by atoms with Gasteiger partial charge in [-0.1, -0.05) is 40.5 Å². The van der Waals surface area contributed by atoms with Crippen LogP contribution in [-0.4, -0.2) is 9.55 Å². The van der Waals surface area contributed by atoms with Crippen molar-refractivity contribution in [3.8, 4) is 0 Å². The van der Waals surface area contributed by atoms with E-state index in [0.717, 1.165) is 36.7 Å². The molecule has 3 nitrogen and oxygen atoms in total. The SMILES string of the molecule is CCCCn1c(C(C)C)nc(CCC)c1N. The van der Waals surface area contributed by atoms with Crippen LogP contribution in [-0.2, 0) is 13.0 Å². The van der Waals surface area contributed by atoms with Gasteiger partial charge in [-0.3, -0.25) is 0 Å².